The summed E-state index contributed by atoms with van der Waals surface area (Å²) in [6.07, 6.45) is 1.53. The minimum atomic E-state index is -0.570. The Balaban J connectivity index is 2.24. The van der Waals surface area contributed by atoms with Crippen LogP contribution in [-0.2, 0) is 14.3 Å². The molecule has 24 heavy (non-hydrogen) atoms. The molecule has 0 atom stereocenters. The van der Waals surface area contributed by atoms with Gasteiger partial charge < -0.3 is 9.47 Å². The molecule has 9 heteroatoms. The van der Waals surface area contributed by atoms with Crippen LogP contribution in [-0.4, -0.2) is 42.3 Å². The molecule has 0 aliphatic carbocycles. The van der Waals surface area contributed by atoms with Crippen molar-refractivity contribution < 1.29 is 23.9 Å². The third-order valence-electron chi connectivity index (χ3n) is 3.07. The molecule has 0 N–H and O–H groups in total. The number of amides is 2. The van der Waals surface area contributed by atoms with Crippen molar-refractivity contribution in [1.82, 2.24) is 4.90 Å². The summed E-state index contributed by atoms with van der Waals surface area (Å²) in [6, 6.07) is 3.06. The van der Waals surface area contributed by atoms with Crippen molar-refractivity contribution in [1.29, 1.82) is 0 Å². The molecule has 1 saturated heterocycles. The predicted octanol–water partition coefficient (Wildman–Crippen LogP) is 3.60. The van der Waals surface area contributed by atoms with E-state index in [4.69, 9.17) is 27.9 Å². The number of imide groups is 1. The topological polar surface area (TPSA) is 72.9 Å². The van der Waals surface area contributed by atoms with Crippen molar-refractivity contribution >= 4 is 58.2 Å². The maximum absolute atomic E-state index is 12.1. The summed E-state index contributed by atoms with van der Waals surface area (Å²) in [5, 5.41) is 0.0312. The van der Waals surface area contributed by atoms with Crippen LogP contribution in [0.15, 0.2) is 17.0 Å². The van der Waals surface area contributed by atoms with Crippen molar-refractivity contribution in [2.45, 2.75) is 6.92 Å². The van der Waals surface area contributed by atoms with Crippen LogP contribution in [0, 0.1) is 0 Å². The summed E-state index contributed by atoms with van der Waals surface area (Å²) in [6.45, 7) is 1.70. The molecule has 1 aromatic rings. The number of hydrogen-bond acceptors (Lipinski definition) is 6. The Morgan fingerprint density at radius 1 is 1.29 bits per heavy atom. The lowest BCUT2D eigenvalue weighted by Crippen LogP contribution is -2.27. The highest BCUT2D eigenvalue weighted by atomic mass is 35.5. The number of nitrogens with zero attached hydrogens (tertiary/aromatic N) is 1. The number of methoxy groups -OCH3 is 1. The third kappa shape index (κ3) is 4.03. The van der Waals surface area contributed by atoms with Gasteiger partial charge in [0.15, 0.2) is 12.4 Å². The summed E-state index contributed by atoms with van der Waals surface area (Å²) in [5.41, 5.74) is 0.539. The number of benzene rings is 1. The van der Waals surface area contributed by atoms with Crippen molar-refractivity contribution in [2.75, 3.05) is 20.3 Å². The number of esters is 1. The summed E-state index contributed by atoms with van der Waals surface area (Å²) in [5.74, 6) is -0.784. The van der Waals surface area contributed by atoms with E-state index in [1.165, 1.54) is 25.3 Å². The maximum atomic E-state index is 12.1. The predicted molar refractivity (Wildman–Crippen MR) is 92.3 cm³/mol. The molecular formula is C15H13Cl2NO5S. The molecule has 1 aliphatic rings. The van der Waals surface area contributed by atoms with Gasteiger partial charge in [0.25, 0.3) is 11.1 Å². The monoisotopic (exact) mass is 389 g/mol. The van der Waals surface area contributed by atoms with Crippen LogP contribution in [0.2, 0.25) is 10.0 Å². The maximum Gasteiger partial charge on any atom is 0.343 e. The molecule has 1 fully saturated rings. The van der Waals surface area contributed by atoms with E-state index in [0.29, 0.717) is 12.1 Å². The highest BCUT2D eigenvalue weighted by molar-refractivity contribution is 8.18. The van der Waals surface area contributed by atoms with Crippen LogP contribution in [0.3, 0.4) is 0 Å². The highest BCUT2D eigenvalue weighted by Crippen LogP contribution is 2.37. The Bertz CT molecular complexity index is 712. The molecular weight excluding hydrogens is 377 g/mol. The molecule has 0 bridgehead atoms. The van der Waals surface area contributed by atoms with Gasteiger partial charge in [0.05, 0.1) is 22.1 Å². The number of ether oxygens (including phenoxy) is 2. The Hall–Kier alpha value is -1.70. The van der Waals surface area contributed by atoms with Crippen molar-refractivity contribution in [3.63, 3.8) is 0 Å². The first kappa shape index (κ1) is 18.6. The summed E-state index contributed by atoms with van der Waals surface area (Å²) >= 11 is 13.1. The van der Waals surface area contributed by atoms with Gasteiger partial charge in [-0.1, -0.05) is 23.2 Å². The molecule has 0 saturated carbocycles. The van der Waals surface area contributed by atoms with Gasteiger partial charge in [0, 0.05) is 6.54 Å². The van der Waals surface area contributed by atoms with E-state index >= 15 is 0 Å². The number of hydrogen-bond donors (Lipinski definition) is 0. The minimum absolute atomic E-state index is 0.141. The quantitative estimate of drug-likeness (QED) is 0.565. The van der Waals surface area contributed by atoms with Crippen LogP contribution in [0.4, 0.5) is 4.79 Å². The smallest absolute Gasteiger partial charge is 0.343 e. The lowest BCUT2D eigenvalue weighted by atomic mass is 10.2. The second kappa shape index (κ2) is 7.92. The van der Waals surface area contributed by atoms with Crippen LogP contribution >= 0.6 is 35.0 Å². The number of likely N-dealkylation sites (N-methyl/N-ethyl adjacent to an activating group) is 1. The Labute approximate surface area is 152 Å². The van der Waals surface area contributed by atoms with Crippen molar-refractivity contribution in [3.05, 3.63) is 32.6 Å². The minimum Gasteiger partial charge on any atom is -0.479 e. The Kier molecular flexibility index (Phi) is 6.15. The highest BCUT2D eigenvalue weighted by Gasteiger charge is 2.33. The normalized spacial score (nSPS) is 16.0. The van der Waals surface area contributed by atoms with Gasteiger partial charge in [0.2, 0.25) is 0 Å². The van der Waals surface area contributed by atoms with Crippen LogP contribution < -0.4 is 4.74 Å². The standard InChI is InChI=1S/C15H13Cl2NO5S/c1-3-18-14(20)11(24-15(18)21)6-8-4-9(16)13(10(17)5-8)23-7-12(19)22-2/h4-6H,3,7H2,1-2H3/b11-6+. The van der Waals surface area contributed by atoms with E-state index in [0.717, 1.165) is 16.7 Å². The van der Waals surface area contributed by atoms with Gasteiger partial charge in [-0.3, -0.25) is 14.5 Å². The largest absolute Gasteiger partial charge is 0.479 e. The molecule has 0 spiro atoms. The average Bonchev–Trinajstić information content (AvgIpc) is 2.79. The molecule has 0 unspecified atom stereocenters. The van der Waals surface area contributed by atoms with Gasteiger partial charge in [-0.2, -0.15) is 0 Å². The Morgan fingerprint density at radius 2 is 1.92 bits per heavy atom. The number of carbonyl (C=O) groups excluding carboxylic acids is 3. The molecule has 1 aromatic carbocycles. The van der Waals surface area contributed by atoms with Crippen LogP contribution in [0.5, 0.6) is 5.75 Å². The fourth-order valence-corrected chi connectivity index (χ4v) is 3.43. The van der Waals surface area contributed by atoms with Gasteiger partial charge in [-0.15, -0.1) is 0 Å². The molecule has 0 aromatic heterocycles. The SMILES string of the molecule is CCN1C(=O)S/C(=C/c2cc(Cl)c(OCC(=O)OC)c(Cl)c2)C1=O. The van der Waals surface area contributed by atoms with E-state index in [9.17, 15) is 14.4 Å². The van der Waals surface area contributed by atoms with Crippen molar-refractivity contribution in [2.24, 2.45) is 0 Å². The third-order valence-corrected chi connectivity index (χ3v) is 4.54. The number of thioether (sulfide) groups is 1. The van der Waals surface area contributed by atoms with Crippen LogP contribution in [0.25, 0.3) is 6.08 Å². The number of carbonyl (C=O) groups is 3. The lowest BCUT2D eigenvalue weighted by molar-refractivity contribution is -0.142. The van der Waals surface area contributed by atoms with Gasteiger partial charge in [-0.25, -0.2) is 4.79 Å². The first-order chi connectivity index (χ1) is 11.4. The van der Waals surface area contributed by atoms with E-state index in [1.54, 1.807) is 6.92 Å². The number of halogens is 2. The van der Waals surface area contributed by atoms with Gasteiger partial charge in [0.1, 0.15) is 0 Å². The van der Waals surface area contributed by atoms with E-state index in [2.05, 4.69) is 4.74 Å². The Morgan fingerprint density at radius 3 is 2.42 bits per heavy atom. The zero-order chi connectivity index (χ0) is 17.9. The second-order valence-electron chi connectivity index (χ2n) is 4.60. The fourth-order valence-electron chi connectivity index (χ4n) is 1.91. The average molecular weight is 390 g/mol. The van der Waals surface area contributed by atoms with E-state index in [1.807, 2.05) is 0 Å². The molecule has 2 amide bonds. The molecule has 128 valence electrons. The molecule has 6 nitrogen and oxygen atoms in total. The van der Waals surface area contributed by atoms with Gasteiger partial charge in [-0.05, 0) is 42.5 Å². The van der Waals surface area contributed by atoms with Crippen molar-refractivity contribution in [3.8, 4) is 5.75 Å². The fraction of sp³-hybridized carbons (Fsp3) is 0.267. The van der Waals surface area contributed by atoms with E-state index < -0.39 is 5.97 Å². The summed E-state index contributed by atoms with van der Waals surface area (Å²) in [7, 11) is 1.24. The first-order valence-electron chi connectivity index (χ1n) is 6.81. The first-order valence-corrected chi connectivity index (χ1v) is 8.38. The van der Waals surface area contributed by atoms with Crippen LogP contribution in [0.1, 0.15) is 12.5 Å². The summed E-state index contributed by atoms with van der Waals surface area (Å²) in [4.78, 5) is 36.3. The van der Waals surface area contributed by atoms with Gasteiger partial charge >= 0.3 is 5.97 Å². The molecule has 2 rings (SSSR count). The molecule has 0 radical (unpaired) electrons. The molecule has 1 heterocycles. The zero-order valence-corrected chi connectivity index (χ0v) is 15.1. The summed E-state index contributed by atoms with van der Waals surface area (Å²) < 4.78 is 9.69. The lowest BCUT2D eigenvalue weighted by Gasteiger charge is -2.10. The zero-order valence-electron chi connectivity index (χ0n) is 12.8. The van der Waals surface area contributed by atoms with E-state index in [-0.39, 0.29) is 38.5 Å². The molecule has 1 aliphatic heterocycles. The second-order valence-corrected chi connectivity index (χ2v) is 6.41. The number of rotatable bonds is 5.